The molecule has 1 N–H and O–H groups in total. The molecule has 0 aliphatic carbocycles. The number of benzene rings is 2. The third kappa shape index (κ3) is 4.34. The van der Waals surface area contributed by atoms with Crippen LogP contribution in [0.5, 0.6) is 0 Å². The molecule has 2 aliphatic rings. The fraction of sp³-hybridized carbons (Fsp3) is 0.458. The number of carbonyl (C=O) groups excluding carboxylic acids is 1. The van der Waals surface area contributed by atoms with Crippen LogP contribution in [0.25, 0.3) is 0 Å². The van der Waals surface area contributed by atoms with E-state index >= 15 is 0 Å². The Labute approximate surface area is 174 Å². The van der Waals surface area contributed by atoms with Crippen molar-refractivity contribution in [2.24, 2.45) is 0 Å². The van der Waals surface area contributed by atoms with Crippen molar-refractivity contribution in [2.45, 2.75) is 33.6 Å². The van der Waals surface area contributed by atoms with Crippen LogP contribution in [0, 0.1) is 20.8 Å². The molecule has 2 heterocycles. The zero-order valence-electron chi connectivity index (χ0n) is 17.9. The van der Waals surface area contributed by atoms with Crippen LogP contribution in [-0.4, -0.2) is 50.2 Å². The number of hydrogen-bond donors (Lipinski definition) is 1. The number of piperazine rings is 1. The zero-order valence-corrected chi connectivity index (χ0v) is 17.9. The molecule has 0 saturated carbocycles. The van der Waals surface area contributed by atoms with Crippen LogP contribution in [0.15, 0.2) is 36.4 Å². The lowest BCUT2D eigenvalue weighted by atomic mass is 10.0. The molecule has 2 amide bonds. The Kier molecular flexibility index (Phi) is 5.65. The van der Waals surface area contributed by atoms with E-state index in [0.717, 1.165) is 45.0 Å². The molecular formula is C24H32N4O. The number of nitrogens with zero attached hydrogens (tertiary/aromatic N) is 3. The maximum atomic E-state index is 12.7. The lowest BCUT2D eigenvalue weighted by Crippen LogP contribution is -2.50. The average Bonchev–Trinajstić information content (AvgIpc) is 3.23. The minimum absolute atomic E-state index is 0.00378. The molecule has 29 heavy (non-hydrogen) atoms. The third-order valence-electron chi connectivity index (χ3n) is 6.11. The van der Waals surface area contributed by atoms with Crippen molar-refractivity contribution < 1.29 is 4.79 Å². The van der Waals surface area contributed by atoms with Crippen molar-refractivity contribution >= 4 is 23.1 Å². The summed E-state index contributed by atoms with van der Waals surface area (Å²) in [6.45, 7) is 12.0. The average molecular weight is 393 g/mol. The highest BCUT2D eigenvalue weighted by Crippen LogP contribution is 2.27. The summed E-state index contributed by atoms with van der Waals surface area (Å²) < 4.78 is 0. The first-order valence-corrected chi connectivity index (χ1v) is 10.7. The standard InChI is InChI=1S/C24H32N4O/c1-18-16-19(2)23(20(3)17-18)27-12-14-28(15-13-27)24(29)25-21-6-8-22(9-7-21)26-10-4-5-11-26/h6-9,16-17H,4-5,10-15H2,1-3H3,(H,25,29). The summed E-state index contributed by atoms with van der Waals surface area (Å²) in [5.41, 5.74) is 7.38. The second-order valence-electron chi connectivity index (χ2n) is 8.39. The SMILES string of the molecule is Cc1cc(C)c(N2CCN(C(=O)Nc3ccc(N4CCCC4)cc3)CC2)c(C)c1. The van der Waals surface area contributed by atoms with Gasteiger partial charge >= 0.3 is 6.03 Å². The van der Waals surface area contributed by atoms with E-state index < -0.39 is 0 Å². The van der Waals surface area contributed by atoms with Gasteiger partial charge in [-0.25, -0.2) is 4.79 Å². The lowest BCUT2D eigenvalue weighted by Gasteiger charge is -2.37. The van der Waals surface area contributed by atoms with Gasteiger partial charge in [-0.15, -0.1) is 0 Å². The van der Waals surface area contributed by atoms with E-state index in [1.165, 1.54) is 40.9 Å². The van der Waals surface area contributed by atoms with Gasteiger partial charge in [-0.2, -0.15) is 0 Å². The van der Waals surface area contributed by atoms with Crippen LogP contribution in [-0.2, 0) is 0 Å². The fourth-order valence-corrected chi connectivity index (χ4v) is 4.74. The second kappa shape index (κ2) is 8.36. The van der Waals surface area contributed by atoms with Crippen LogP contribution < -0.4 is 15.1 Å². The number of anilines is 3. The minimum atomic E-state index is -0.00378. The van der Waals surface area contributed by atoms with Gasteiger partial charge in [0.25, 0.3) is 0 Å². The summed E-state index contributed by atoms with van der Waals surface area (Å²) in [4.78, 5) is 19.5. The number of aryl methyl sites for hydroxylation is 3. The van der Waals surface area contributed by atoms with Crippen LogP contribution in [0.1, 0.15) is 29.5 Å². The maximum Gasteiger partial charge on any atom is 0.321 e. The van der Waals surface area contributed by atoms with Crippen molar-refractivity contribution in [1.82, 2.24) is 4.90 Å². The second-order valence-corrected chi connectivity index (χ2v) is 8.39. The van der Waals surface area contributed by atoms with Gasteiger partial charge in [0.1, 0.15) is 0 Å². The van der Waals surface area contributed by atoms with E-state index in [4.69, 9.17) is 0 Å². The Morgan fingerprint density at radius 2 is 1.38 bits per heavy atom. The monoisotopic (exact) mass is 392 g/mol. The topological polar surface area (TPSA) is 38.8 Å². The zero-order chi connectivity index (χ0) is 20.4. The van der Waals surface area contributed by atoms with Gasteiger partial charge in [0.15, 0.2) is 0 Å². The van der Waals surface area contributed by atoms with Crippen LogP contribution in [0.3, 0.4) is 0 Å². The molecule has 0 spiro atoms. The van der Waals surface area contributed by atoms with Gasteiger partial charge in [0.2, 0.25) is 0 Å². The summed E-state index contributed by atoms with van der Waals surface area (Å²) in [5.74, 6) is 0. The van der Waals surface area contributed by atoms with E-state index in [-0.39, 0.29) is 6.03 Å². The van der Waals surface area contributed by atoms with E-state index in [2.05, 4.69) is 60.2 Å². The maximum absolute atomic E-state index is 12.7. The Morgan fingerprint density at radius 1 is 0.793 bits per heavy atom. The molecular weight excluding hydrogens is 360 g/mol. The molecule has 154 valence electrons. The summed E-state index contributed by atoms with van der Waals surface area (Å²) >= 11 is 0. The number of hydrogen-bond acceptors (Lipinski definition) is 3. The molecule has 0 atom stereocenters. The van der Waals surface area contributed by atoms with E-state index in [0.29, 0.717) is 0 Å². The smallest absolute Gasteiger partial charge is 0.321 e. The summed E-state index contributed by atoms with van der Waals surface area (Å²) in [6.07, 6.45) is 2.54. The molecule has 5 nitrogen and oxygen atoms in total. The van der Waals surface area contributed by atoms with Crippen LogP contribution in [0.2, 0.25) is 0 Å². The Bertz CT molecular complexity index is 840. The van der Waals surface area contributed by atoms with Gasteiger partial charge in [-0.05, 0) is 69.0 Å². The summed E-state index contributed by atoms with van der Waals surface area (Å²) in [5, 5.41) is 3.06. The van der Waals surface area contributed by atoms with Crippen molar-refractivity contribution in [3.8, 4) is 0 Å². The number of carbonyl (C=O) groups is 1. The van der Waals surface area contributed by atoms with Crippen LogP contribution >= 0.6 is 0 Å². The van der Waals surface area contributed by atoms with E-state index in [1.807, 2.05) is 17.0 Å². The first-order chi connectivity index (χ1) is 14.0. The molecule has 5 heteroatoms. The first-order valence-electron chi connectivity index (χ1n) is 10.7. The van der Waals surface area contributed by atoms with E-state index in [1.54, 1.807) is 0 Å². The highest BCUT2D eigenvalue weighted by atomic mass is 16.2. The molecule has 2 aromatic carbocycles. The molecule has 2 saturated heterocycles. The normalized spacial score (nSPS) is 17.0. The predicted octanol–water partition coefficient (Wildman–Crippen LogP) is 4.57. The number of urea groups is 1. The molecule has 0 unspecified atom stereocenters. The Hall–Kier alpha value is -2.69. The highest BCUT2D eigenvalue weighted by Gasteiger charge is 2.23. The Balaban J connectivity index is 1.33. The van der Waals surface area contributed by atoms with Gasteiger partial charge in [-0.3, -0.25) is 0 Å². The summed E-state index contributed by atoms with van der Waals surface area (Å²) in [7, 11) is 0. The molecule has 4 rings (SSSR count). The van der Waals surface area contributed by atoms with Gasteiger partial charge in [-0.1, -0.05) is 17.7 Å². The van der Waals surface area contributed by atoms with Crippen molar-refractivity contribution in [3.05, 3.63) is 53.1 Å². The summed E-state index contributed by atoms with van der Waals surface area (Å²) in [6, 6.07) is 12.7. The van der Waals surface area contributed by atoms with Crippen molar-refractivity contribution in [2.75, 3.05) is 54.4 Å². The van der Waals surface area contributed by atoms with Crippen molar-refractivity contribution in [1.29, 1.82) is 0 Å². The molecule has 0 radical (unpaired) electrons. The van der Waals surface area contributed by atoms with Crippen molar-refractivity contribution in [3.63, 3.8) is 0 Å². The number of nitrogens with one attached hydrogen (secondary N) is 1. The lowest BCUT2D eigenvalue weighted by molar-refractivity contribution is 0.208. The quantitative estimate of drug-likeness (QED) is 0.832. The minimum Gasteiger partial charge on any atom is -0.372 e. The molecule has 2 aromatic rings. The van der Waals surface area contributed by atoms with Crippen LogP contribution in [0.4, 0.5) is 21.9 Å². The molecule has 2 fully saturated rings. The number of amides is 2. The number of rotatable bonds is 3. The largest absolute Gasteiger partial charge is 0.372 e. The highest BCUT2D eigenvalue weighted by molar-refractivity contribution is 5.89. The van der Waals surface area contributed by atoms with Gasteiger partial charge < -0.3 is 20.0 Å². The molecule has 0 bridgehead atoms. The Morgan fingerprint density at radius 3 is 1.97 bits per heavy atom. The molecule has 2 aliphatic heterocycles. The van der Waals surface area contributed by atoms with E-state index in [9.17, 15) is 4.79 Å². The van der Waals surface area contributed by atoms with Gasteiger partial charge in [0, 0.05) is 56.3 Å². The molecule has 0 aromatic heterocycles. The predicted molar refractivity (Wildman–Crippen MR) is 121 cm³/mol. The third-order valence-corrected chi connectivity index (χ3v) is 6.11. The first kappa shape index (κ1) is 19.6. The fourth-order valence-electron chi connectivity index (χ4n) is 4.74. The van der Waals surface area contributed by atoms with Gasteiger partial charge in [0.05, 0.1) is 0 Å².